The van der Waals surface area contributed by atoms with Crippen molar-refractivity contribution in [2.45, 2.75) is 6.92 Å². The predicted molar refractivity (Wildman–Crippen MR) is 91.0 cm³/mol. The van der Waals surface area contributed by atoms with Crippen molar-refractivity contribution in [3.8, 4) is 11.3 Å². The van der Waals surface area contributed by atoms with Crippen LogP contribution in [0.5, 0.6) is 0 Å². The normalized spacial score (nSPS) is 10.7. The first-order valence-electron chi connectivity index (χ1n) is 6.94. The molecule has 0 radical (unpaired) electrons. The van der Waals surface area contributed by atoms with E-state index in [9.17, 15) is 4.79 Å². The van der Waals surface area contributed by atoms with Crippen molar-refractivity contribution in [1.82, 2.24) is 9.97 Å². The molecule has 0 aliphatic carbocycles. The van der Waals surface area contributed by atoms with Crippen LogP contribution in [0.15, 0.2) is 30.3 Å². The highest BCUT2D eigenvalue weighted by atomic mass is 32.1. The van der Waals surface area contributed by atoms with E-state index in [2.05, 4.69) is 15.4 Å². The van der Waals surface area contributed by atoms with E-state index in [1.165, 1.54) is 0 Å². The van der Waals surface area contributed by atoms with Gasteiger partial charge in [-0.05, 0) is 6.92 Å². The Kier molecular flexibility index (Phi) is 4.09. The van der Waals surface area contributed by atoms with Gasteiger partial charge in [0, 0.05) is 5.56 Å². The number of hydrogen-bond donors (Lipinski definition) is 3. The number of thiophene rings is 1. The molecule has 3 rings (SSSR count). The third-order valence-corrected chi connectivity index (χ3v) is 4.31. The Morgan fingerprint density at radius 1 is 1.30 bits per heavy atom. The van der Waals surface area contributed by atoms with E-state index < -0.39 is 5.97 Å². The van der Waals surface area contributed by atoms with E-state index in [0.29, 0.717) is 26.5 Å². The molecule has 0 atom stereocenters. The van der Waals surface area contributed by atoms with E-state index in [0.717, 1.165) is 16.9 Å². The van der Waals surface area contributed by atoms with Crippen LogP contribution < -0.4 is 17.0 Å². The fourth-order valence-electron chi connectivity index (χ4n) is 2.24. The molecule has 0 saturated carbocycles. The van der Waals surface area contributed by atoms with Gasteiger partial charge in [0.15, 0.2) is 0 Å². The number of nitrogens with zero attached hydrogens (tertiary/aromatic N) is 2. The summed E-state index contributed by atoms with van der Waals surface area (Å²) in [5.74, 6) is 5.24. The molecule has 0 bridgehead atoms. The number of carbonyl (C=O) groups excluding carboxylic acids is 1. The summed E-state index contributed by atoms with van der Waals surface area (Å²) in [6.45, 7) is 2.02. The van der Waals surface area contributed by atoms with Gasteiger partial charge in [0.1, 0.15) is 9.71 Å². The average molecular weight is 329 g/mol. The lowest BCUT2D eigenvalue weighted by atomic mass is 10.1. The summed E-state index contributed by atoms with van der Waals surface area (Å²) in [6, 6.07) is 9.51. The molecular weight excluding hydrogens is 314 g/mol. The number of carbonyl (C=O) groups is 1. The van der Waals surface area contributed by atoms with Crippen LogP contribution in [0, 0.1) is 0 Å². The summed E-state index contributed by atoms with van der Waals surface area (Å²) >= 11 is 1.16. The number of hydrazine groups is 1. The van der Waals surface area contributed by atoms with E-state index in [1.54, 1.807) is 6.92 Å². The number of nitrogens with two attached hydrogens (primary N) is 2. The van der Waals surface area contributed by atoms with Crippen molar-refractivity contribution < 1.29 is 9.53 Å². The second-order valence-electron chi connectivity index (χ2n) is 4.65. The number of rotatable bonds is 4. The van der Waals surface area contributed by atoms with Gasteiger partial charge in [0.25, 0.3) is 0 Å². The molecule has 8 heteroatoms. The maximum atomic E-state index is 12.1. The molecular formula is C15H15N5O2S. The van der Waals surface area contributed by atoms with Crippen molar-refractivity contribution in [2.24, 2.45) is 5.84 Å². The van der Waals surface area contributed by atoms with Crippen LogP contribution in [-0.4, -0.2) is 22.5 Å². The number of benzene rings is 1. The maximum Gasteiger partial charge on any atom is 0.350 e. The minimum atomic E-state index is -0.464. The Morgan fingerprint density at radius 2 is 2.04 bits per heavy atom. The summed E-state index contributed by atoms with van der Waals surface area (Å²) in [4.78, 5) is 21.6. The first-order valence-corrected chi connectivity index (χ1v) is 7.76. The highest BCUT2D eigenvalue weighted by Crippen LogP contribution is 2.39. The van der Waals surface area contributed by atoms with Gasteiger partial charge in [-0.2, -0.15) is 0 Å². The van der Waals surface area contributed by atoms with Crippen molar-refractivity contribution in [2.75, 3.05) is 17.8 Å². The maximum absolute atomic E-state index is 12.1. The van der Waals surface area contributed by atoms with E-state index >= 15 is 0 Å². The van der Waals surface area contributed by atoms with Crippen LogP contribution in [0.1, 0.15) is 16.6 Å². The summed E-state index contributed by atoms with van der Waals surface area (Å²) in [6.07, 6.45) is 0. The van der Waals surface area contributed by atoms with Gasteiger partial charge in [0.05, 0.1) is 23.4 Å². The molecule has 2 aromatic heterocycles. The molecule has 1 aromatic carbocycles. The minimum absolute atomic E-state index is 0.257. The molecule has 0 amide bonds. The number of fused-ring (bicyclic) bond motifs is 1. The van der Waals surface area contributed by atoms with E-state index in [1.807, 2.05) is 30.3 Å². The molecule has 0 fully saturated rings. The quantitative estimate of drug-likeness (QED) is 0.382. The lowest BCUT2D eigenvalue weighted by Gasteiger charge is -2.06. The zero-order valence-electron chi connectivity index (χ0n) is 12.4. The molecule has 118 valence electrons. The van der Waals surface area contributed by atoms with Gasteiger partial charge in [-0.25, -0.2) is 20.6 Å². The zero-order valence-corrected chi connectivity index (χ0v) is 13.2. The zero-order chi connectivity index (χ0) is 16.4. The Labute approximate surface area is 136 Å². The third-order valence-electron chi connectivity index (χ3n) is 3.23. The number of nitrogens with one attached hydrogen (secondary N) is 1. The van der Waals surface area contributed by atoms with Crippen LogP contribution in [-0.2, 0) is 4.74 Å². The van der Waals surface area contributed by atoms with E-state index in [-0.39, 0.29) is 12.6 Å². The van der Waals surface area contributed by atoms with Crippen molar-refractivity contribution in [3.63, 3.8) is 0 Å². The Morgan fingerprint density at radius 3 is 2.70 bits per heavy atom. The first-order chi connectivity index (χ1) is 11.2. The fourth-order valence-corrected chi connectivity index (χ4v) is 3.23. The van der Waals surface area contributed by atoms with Crippen LogP contribution in [0.25, 0.3) is 21.5 Å². The molecule has 3 aromatic rings. The largest absolute Gasteiger partial charge is 0.462 e. The van der Waals surface area contributed by atoms with Gasteiger partial charge in [-0.15, -0.1) is 11.3 Å². The Bertz CT molecular complexity index is 863. The fraction of sp³-hybridized carbons (Fsp3) is 0.133. The summed E-state index contributed by atoms with van der Waals surface area (Å²) in [5.41, 5.74) is 10.4. The van der Waals surface area contributed by atoms with Crippen LogP contribution in [0.4, 0.5) is 11.6 Å². The molecule has 0 spiro atoms. The number of nitrogen functional groups attached to an aromatic ring is 2. The molecule has 0 saturated heterocycles. The summed E-state index contributed by atoms with van der Waals surface area (Å²) < 4.78 is 5.04. The molecule has 2 heterocycles. The van der Waals surface area contributed by atoms with Gasteiger partial charge >= 0.3 is 5.97 Å². The highest BCUT2D eigenvalue weighted by molar-refractivity contribution is 7.21. The predicted octanol–water partition coefficient (Wildman–Crippen LogP) is 2.40. The SMILES string of the molecule is CCOC(=O)c1sc2nc(NN)nc(-c3ccccc3)c2c1N. The van der Waals surface area contributed by atoms with Crippen LogP contribution in [0.2, 0.25) is 0 Å². The van der Waals surface area contributed by atoms with Crippen molar-refractivity contribution in [1.29, 1.82) is 0 Å². The molecule has 0 unspecified atom stereocenters. The third kappa shape index (κ3) is 2.69. The summed E-state index contributed by atoms with van der Waals surface area (Å²) in [5, 5.41) is 0.628. The van der Waals surface area contributed by atoms with Gasteiger partial charge in [0.2, 0.25) is 5.95 Å². The molecule has 7 nitrogen and oxygen atoms in total. The molecule has 5 N–H and O–H groups in total. The van der Waals surface area contributed by atoms with Gasteiger partial charge < -0.3 is 10.5 Å². The average Bonchev–Trinajstić information content (AvgIpc) is 2.92. The van der Waals surface area contributed by atoms with Gasteiger partial charge in [-0.1, -0.05) is 30.3 Å². The smallest absolute Gasteiger partial charge is 0.350 e. The molecule has 0 aliphatic heterocycles. The van der Waals surface area contributed by atoms with E-state index in [4.69, 9.17) is 16.3 Å². The minimum Gasteiger partial charge on any atom is -0.462 e. The topological polar surface area (TPSA) is 116 Å². The molecule has 23 heavy (non-hydrogen) atoms. The van der Waals surface area contributed by atoms with Crippen LogP contribution >= 0.6 is 11.3 Å². The second kappa shape index (κ2) is 6.19. The van der Waals surface area contributed by atoms with Crippen LogP contribution in [0.3, 0.4) is 0 Å². The standard InChI is InChI=1S/C15H15N5O2S/c1-2-22-14(21)12-10(16)9-11(8-6-4-3-5-7-8)18-15(20-17)19-13(9)23-12/h3-7H,2,16-17H2,1H3,(H,18,19,20). The first kappa shape index (κ1) is 15.2. The van der Waals surface area contributed by atoms with Gasteiger partial charge in [-0.3, -0.25) is 5.43 Å². The number of esters is 1. The summed E-state index contributed by atoms with van der Waals surface area (Å²) in [7, 11) is 0. The lowest BCUT2D eigenvalue weighted by Crippen LogP contribution is -2.10. The Hall–Kier alpha value is -2.71. The Balaban J connectivity index is 2.28. The van der Waals surface area contributed by atoms with Crippen molar-refractivity contribution >= 4 is 39.2 Å². The van der Waals surface area contributed by atoms with Crippen molar-refractivity contribution in [3.05, 3.63) is 35.2 Å². The number of anilines is 2. The lowest BCUT2D eigenvalue weighted by molar-refractivity contribution is 0.0533. The number of aromatic nitrogens is 2. The molecule has 0 aliphatic rings. The monoisotopic (exact) mass is 329 g/mol. The number of ether oxygens (including phenoxy) is 1. The number of hydrogen-bond acceptors (Lipinski definition) is 8. The highest BCUT2D eigenvalue weighted by Gasteiger charge is 2.22. The second-order valence-corrected chi connectivity index (χ2v) is 5.65.